The van der Waals surface area contributed by atoms with E-state index in [0.717, 1.165) is 11.4 Å². The second-order valence-electron chi connectivity index (χ2n) is 6.65. The van der Waals surface area contributed by atoms with E-state index in [1.807, 2.05) is 30.3 Å². The van der Waals surface area contributed by atoms with E-state index >= 15 is 0 Å². The lowest BCUT2D eigenvalue weighted by molar-refractivity contribution is -0.122. The van der Waals surface area contributed by atoms with Gasteiger partial charge in [-0.05, 0) is 43.3 Å². The maximum Gasteiger partial charge on any atom is 0.276 e. The molecule has 0 bridgehead atoms. The van der Waals surface area contributed by atoms with Crippen LogP contribution in [0.3, 0.4) is 0 Å². The molecule has 8 nitrogen and oxygen atoms in total. The Kier molecular flexibility index (Phi) is 5.62. The molecule has 0 saturated heterocycles. The van der Waals surface area contributed by atoms with Crippen molar-refractivity contribution in [1.82, 2.24) is 10.3 Å². The number of amidine groups is 1. The quantitative estimate of drug-likeness (QED) is 0.769. The van der Waals surface area contributed by atoms with Gasteiger partial charge in [-0.25, -0.2) is 0 Å². The van der Waals surface area contributed by atoms with E-state index in [1.54, 1.807) is 60.5 Å². The Bertz CT molecular complexity index is 993. The van der Waals surface area contributed by atoms with Crippen LogP contribution in [0.1, 0.15) is 6.92 Å². The summed E-state index contributed by atoms with van der Waals surface area (Å²) in [6.45, 7) is 1.80. The highest BCUT2D eigenvalue weighted by atomic mass is 32.2. The number of fused-ring (bicyclic) bond motifs is 1. The number of hydrogen-bond donors (Lipinski definition) is 2. The Labute approximate surface area is 178 Å². The van der Waals surface area contributed by atoms with Crippen LogP contribution < -0.4 is 20.4 Å². The molecule has 2 aromatic rings. The van der Waals surface area contributed by atoms with Crippen LogP contribution in [0.2, 0.25) is 0 Å². The first-order valence-electron chi connectivity index (χ1n) is 9.36. The number of para-hydroxylation sites is 1. The summed E-state index contributed by atoms with van der Waals surface area (Å²) in [5, 5.41) is 7.29. The van der Waals surface area contributed by atoms with E-state index in [-0.39, 0.29) is 11.8 Å². The summed E-state index contributed by atoms with van der Waals surface area (Å²) >= 11 is 1.28. The minimum atomic E-state index is -0.630. The second-order valence-corrected chi connectivity index (χ2v) is 7.96. The number of thioether (sulfide) groups is 1. The summed E-state index contributed by atoms with van der Waals surface area (Å²) in [4.78, 5) is 28.8. The third kappa shape index (κ3) is 3.97. The van der Waals surface area contributed by atoms with Gasteiger partial charge in [-0.15, -0.1) is 0 Å². The molecule has 0 saturated carbocycles. The van der Waals surface area contributed by atoms with Gasteiger partial charge in [-0.2, -0.15) is 5.10 Å². The number of carbonyl (C=O) groups excluding carboxylic acids is 2. The van der Waals surface area contributed by atoms with Crippen LogP contribution in [0.4, 0.5) is 11.4 Å². The summed E-state index contributed by atoms with van der Waals surface area (Å²) < 4.78 is 5.12. The van der Waals surface area contributed by atoms with Crippen molar-refractivity contribution in [3.63, 3.8) is 0 Å². The number of benzene rings is 2. The van der Waals surface area contributed by atoms with E-state index < -0.39 is 11.4 Å². The summed E-state index contributed by atoms with van der Waals surface area (Å²) in [6, 6.07) is 16.5. The van der Waals surface area contributed by atoms with Crippen molar-refractivity contribution < 1.29 is 14.3 Å². The van der Waals surface area contributed by atoms with Crippen molar-refractivity contribution >= 4 is 40.1 Å². The normalized spacial score (nSPS) is 18.4. The Morgan fingerprint density at radius 3 is 2.60 bits per heavy atom. The predicted octanol–water partition coefficient (Wildman–Crippen LogP) is 2.78. The molecule has 2 N–H and O–H groups in total. The lowest BCUT2D eigenvalue weighted by atomic mass is 10.2. The molecule has 2 atom stereocenters. The number of anilines is 2. The fourth-order valence-corrected chi connectivity index (χ4v) is 3.91. The molecule has 0 aliphatic carbocycles. The largest absolute Gasteiger partial charge is 0.497 e. The first kappa shape index (κ1) is 19.8. The second kappa shape index (κ2) is 8.50. The minimum Gasteiger partial charge on any atom is -0.497 e. The third-order valence-corrected chi connectivity index (χ3v) is 5.75. The molecule has 154 valence electrons. The maximum atomic E-state index is 12.9. The smallest absolute Gasteiger partial charge is 0.276 e. The molecule has 2 aliphatic rings. The average molecular weight is 423 g/mol. The molecular weight excluding hydrogens is 402 g/mol. The first-order chi connectivity index (χ1) is 14.6. The lowest BCUT2D eigenvalue weighted by Crippen LogP contribution is -2.52. The van der Waals surface area contributed by atoms with Crippen molar-refractivity contribution in [3.05, 3.63) is 67.0 Å². The Morgan fingerprint density at radius 2 is 1.90 bits per heavy atom. The van der Waals surface area contributed by atoms with Gasteiger partial charge >= 0.3 is 0 Å². The van der Waals surface area contributed by atoms with E-state index in [2.05, 4.69) is 15.8 Å². The van der Waals surface area contributed by atoms with Gasteiger partial charge in [-0.3, -0.25) is 24.8 Å². The molecule has 0 aromatic heterocycles. The van der Waals surface area contributed by atoms with Crippen LogP contribution in [-0.2, 0) is 9.59 Å². The van der Waals surface area contributed by atoms with Crippen LogP contribution in [0.5, 0.6) is 5.75 Å². The van der Waals surface area contributed by atoms with Crippen LogP contribution >= 0.6 is 11.8 Å². The zero-order chi connectivity index (χ0) is 21.1. The highest BCUT2D eigenvalue weighted by molar-refractivity contribution is 8.14. The molecule has 4 rings (SSSR count). The summed E-state index contributed by atoms with van der Waals surface area (Å²) in [7, 11) is 1.59. The van der Waals surface area contributed by atoms with E-state index in [9.17, 15) is 9.59 Å². The van der Waals surface area contributed by atoms with Crippen LogP contribution in [0, 0.1) is 0 Å². The zero-order valence-electron chi connectivity index (χ0n) is 16.5. The number of hydrazone groups is 1. The summed E-state index contributed by atoms with van der Waals surface area (Å²) in [6.07, 6.45) is 2.87. The molecule has 2 unspecified atom stereocenters. The topological polar surface area (TPSA) is 86.3 Å². The number of carbonyl (C=O) groups is 2. The van der Waals surface area contributed by atoms with Crippen LogP contribution in [-0.4, -0.2) is 40.4 Å². The van der Waals surface area contributed by atoms with Gasteiger partial charge in [0.15, 0.2) is 5.17 Å². The SMILES string of the molecule is COc1ccc(NC(=O)C(C)SC2=NNC3C(=O)N(c4ccccc4)C=CN23)cc1. The molecule has 30 heavy (non-hydrogen) atoms. The number of rotatable bonds is 5. The Hall–Kier alpha value is -3.46. The van der Waals surface area contributed by atoms with Crippen molar-refractivity contribution in [2.45, 2.75) is 18.3 Å². The van der Waals surface area contributed by atoms with Crippen LogP contribution in [0.15, 0.2) is 72.1 Å². The number of amides is 2. The molecule has 2 aliphatic heterocycles. The van der Waals surface area contributed by atoms with Crippen molar-refractivity contribution in [3.8, 4) is 5.75 Å². The van der Waals surface area contributed by atoms with Gasteiger partial charge in [-0.1, -0.05) is 30.0 Å². The van der Waals surface area contributed by atoms with Gasteiger partial charge in [0.2, 0.25) is 12.1 Å². The van der Waals surface area contributed by atoms with Crippen molar-refractivity contribution in [1.29, 1.82) is 0 Å². The number of methoxy groups -OCH3 is 1. The van der Waals surface area contributed by atoms with E-state index in [0.29, 0.717) is 10.9 Å². The molecule has 0 radical (unpaired) electrons. The third-order valence-electron chi connectivity index (χ3n) is 4.67. The average Bonchev–Trinajstić information content (AvgIpc) is 3.18. The molecule has 0 fully saturated rings. The highest BCUT2D eigenvalue weighted by Gasteiger charge is 2.39. The van der Waals surface area contributed by atoms with E-state index in [1.165, 1.54) is 11.8 Å². The fraction of sp³-hybridized carbons (Fsp3) is 0.190. The van der Waals surface area contributed by atoms with E-state index in [4.69, 9.17) is 4.74 Å². The van der Waals surface area contributed by atoms with Gasteiger partial charge < -0.3 is 10.1 Å². The summed E-state index contributed by atoms with van der Waals surface area (Å²) in [5.41, 5.74) is 4.34. The number of nitrogens with one attached hydrogen (secondary N) is 2. The zero-order valence-corrected chi connectivity index (χ0v) is 17.3. The van der Waals surface area contributed by atoms with Gasteiger partial charge in [0.05, 0.1) is 12.4 Å². The number of ether oxygens (including phenoxy) is 1. The first-order valence-corrected chi connectivity index (χ1v) is 10.2. The fourth-order valence-electron chi connectivity index (χ4n) is 3.03. The molecule has 2 aromatic carbocycles. The standard InChI is InChI=1S/C21H21N5O3S/c1-14(19(27)22-15-8-10-17(29-2)11-9-15)30-21-24-23-18-20(28)25(12-13-26(18)21)16-6-4-3-5-7-16/h3-14,18,23H,1-2H3,(H,22,27). The molecular formula is C21H21N5O3S. The Morgan fingerprint density at radius 1 is 1.17 bits per heavy atom. The van der Waals surface area contributed by atoms with Crippen LogP contribution in [0.25, 0.3) is 0 Å². The molecule has 0 spiro atoms. The molecule has 2 heterocycles. The van der Waals surface area contributed by atoms with Gasteiger partial charge in [0, 0.05) is 23.8 Å². The monoisotopic (exact) mass is 423 g/mol. The minimum absolute atomic E-state index is 0.140. The van der Waals surface area contributed by atoms with Gasteiger partial charge in [0.25, 0.3) is 5.91 Å². The molecule has 2 amide bonds. The lowest BCUT2D eigenvalue weighted by Gasteiger charge is -2.32. The summed E-state index contributed by atoms with van der Waals surface area (Å²) in [5.74, 6) is 0.423. The Balaban J connectivity index is 1.39. The predicted molar refractivity (Wildman–Crippen MR) is 118 cm³/mol. The number of nitrogens with zero attached hydrogens (tertiary/aromatic N) is 3. The molecule has 9 heteroatoms. The maximum absolute atomic E-state index is 12.9. The van der Waals surface area contributed by atoms with Crippen molar-refractivity contribution in [2.75, 3.05) is 17.3 Å². The number of hydrogen-bond acceptors (Lipinski definition) is 7. The highest BCUT2D eigenvalue weighted by Crippen LogP contribution is 2.27. The van der Waals surface area contributed by atoms with Crippen molar-refractivity contribution in [2.24, 2.45) is 5.10 Å². The van der Waals surface area contributed by atoms with Gasteiger partial charge in [0.1, 0.15) is 5.75 Å².